The Morgan fingerprint density at radius 1 is 1.10 bits per heavy atom. The van der Waals surface area contributed by atoms with Gasteiger partial charge in [-0.15, -0.1) is 0 Å². The van der Waals surface area contributed by atoms with E-state index < -0.39 is 17.6 Å². The molecule has 3 heterocycles. The van der Waals surface area contributed by atoms with Crippen molar-refractivity contribution in [2.24, 2.45) is 0 Å². The molecule has 0 unspecified atom stereocenters. The number of nitrogens with two attached hydrogens (primary N) is 1. The van der Waals surface area contributed by atoms with E-state index in [-0.39, 0.29) is 35.1 Å². The first-order valence-corrected chi connectivity index (χ1v) is 16.0. The van der Waals surface area contributed by atoms with Crippen LogP contribution in [-0.4, -0.2) is 77.7 Å². The Morgan fingerprint density at radius 2 is 1.83 bits per heavy atom. The van der Waals surface area contributed by atoms with E-state index in [1.54, 1.807) is 25.4 Å². The van der Waals surface area contributed by atoms with E-state index in [0.29, 0.717) is 47.8 Å². The lowest BCUT2D eigenvalue weighted by molar-refractivity contribution is -0.137. The van der Waals surface area contributed by atoms with E-state index in [2.05, 4.69) is 36.1 Å². The molecule has 1 atom stereocenters. The summed E-state index contributed by atoms with van der Waals surface area (Å²) in [7, 11) is 1.68. The third-order valence-electron chi connectivity index (χ3n) is 8.59. The van der Waals surface area contributed by atoms with Crippen molar-refractivity contribution in [2.75, 3.05) is 49.6 Å². The minimum atomic E-state index is -4.57. The highest BCUT2D eigenvalue weighted by molar-refractivity contribution is 6.17. The summed E-state index contributed by atoms with van der Waals surface area (Å²) < 4.78 is 39.1. The number of aromatic nitrogens is 2. The van der Waals surface area contributed by atoms with Gasteiger partial charge in [-0.25, -0.2) is 9.97 Å². The molecule has 1 aliphatic carbocycles. The number of hydrogen-bond acceptors (Lipinski definition) is 9. The minimum absolute atomic E-state index is 0.0521. The topological polar surface area (TPSA) is 161 Å². The number of alkyl halides is 3. The fourth-order valence-corrected chi connectivity index (χ4v) is 5.94. The summed E-state index contributed by atoms with van der Waals surface area (Å²) in [5.41, 5.74) is 7.69. The van der Waals surface area contributed by atoms with Gasteiger partial charge in [-0.2, -0.15) is 13.2 Å². The number of nitrogen functional groups attached to an aromatic ring is 1. The van der Waals surface area contributed by atoms with Crippen LogP contribution in [0.5, 0.6) is 0 Å². The quantitative estimate of drug-likeness (QED) is 0.173. The highest BCUT2D eigenvalue weighted by Crippen LogP contribution is 2.30. The molecule has 1 saturated carbocycles. The fraction of sp³-hybridized carbons (Fsp3) is 0.382. The highest BCUT2D eigenvalue weighted by atomic mass is 19.4. The minimum Gasteiger partial charge on any atom is -0.398 e. The highest BCUT2D eigenvalue weighted by Gasteiger charge is 2.31. The predicted octanol–water partition coefficient (Wildman–Crippen LogP) is 4.52. The van der Waals surface area contributed by atoms with Crippen LogP contribution in [-0.2, 0) is 11.0 Å². The number of piperazine rings is 1. The summed E-state index contributed by atoms with van der Waals surface area (Å²) in [5.74, 6) is -0.423. The van der Waals surface area contributed by atoms with Crippen molar-refractivity contribution in [3.05, 3.63) is 82.7 Å². The summed E-state index contributed by atoms with van der Waals surface area (Å²) in [5, 5.41) is 20.8. The molecule has 3 aromatic rings. The van der Waals surface area contributed by atoms with Crippen molar-refractivity contribution in [3.63, 3.8) is 0 Å². The summed E-state index contributed by atoms with van der Waals surface area (Å²) in [6.45, 7) is 2.70. The Balaban J connectivity index is 1.23. The van der Waals surface area contributed by atoms with Gasteiger partial charge >= 0.3 is 6.18 Å². The Bertz CT molecular complexity index is 1650. The molecule has 11 nitrogen and oxygen atoms in total. The van der Waals surface area contributed by atoms with Gasteiger partial charge in [0.25, 0.3) is 5.91 Å². The number of nitrogens with one attached hydrogen (secondary N) is 5. The maximum atomic E-state index is 13.0. The van der Waals surface area contributed by atoms with Crippen molar-refractivity contribution >= 4 is 40.9 Å². The predicted molar refractivity (Wildman–Crippen MR) is 180 cm³/mol. The molecule has 1 aromatic carbocycles. The van der Waals surface area contributed by atoms with E-state index in [0.717, 1.165) is 50.6 Å². The van der Waals surface area contributed by atoms with Crippen LogP contribution in [0, 0.1) is 5.41 Å². The lowest BCUT2D eigenvalue weighted by Crippen LogP contribution is -2.58. The number of amides is 2. The van der Waals surface area contributed by atoms with Crippen LogP contribution in [0.3, 0.4) is 0 Å². The first-order valence-electron chi connectivity index (χ1n) is 16.0. The Hall–Kier alpha value is -4.82. The van der Waals surface area contributed by atoms with Crippen molar-refractivity contribution in [3.8, 4) is 0 Å². The van der Waals surface area contributed by atoms with Crippen LogP contribution in [0.4, 0.5) is 30.5 Å². The Labute approximate surface area is 277 Å². The average molecular weight is 664 g/mol. The van der Waals surface area contributed by atoms with Crippen LogP contribution in [0.1, 0.15) is 64.7 Å². The number of carbonyl (C=O) groups is 2. The maximum absolute atomic E-state index is 13.0. The van der Waals surface area contributed by atoms with E-state index >= 15 is 0 Å². The maximum Gasteiger partial charge on any atom is 0.416 e. The van der Waals surface area contributed by atoms with Gasteiger partial charge in [0.2, 0.25) is 5.91 Å². The zero-order valence-corrected chi connectivity index (χ0v) is 26.7. The van der Waals surface area contributed by atoms with Crippen molar-refractivity contribution in [2.45, 2.75) is 50.4 Å². The van der Waals surface area contributed by atoms with Crippen LogP contribution >= 0.6 is 0 Å². The van der Waals surface area contributed by atoms with E-state index in [4.69, 9.17) is 11.1 Å². The van der Waals surface area contributed by atoms with Gasteiger partial charge in [0.05, 0.1) is 28.6 Å². The van der Waals surface area contributed by atoms with Gasteiger partial charge in [-0.3, -0.25) is 19.9 Å². The normalized spacial score (nSPS) is 17.6. The largest absolute Gasteiger partial charge is 0.416 e. The molecule has 1 aliphatic heterocycles. The van der Waals surface area contributed by atoms with E-state index in [1.807, 2.05) is 12.2 Å². The summed E-state index contributed by atoms with van der Waals surface area (Å²) in [6, 6.07) is 7.63. The number of anilines is 3. The number of pyridine rings is 2. The molecular weight excluding hydrogens is 623 g/mol. The van der Waals surface area contributed by atoms with Crippen molar-refractivity contribution in [1.82, 2.24) is 25.5 Å². The molecule has 2 aromatic heterocycles. The van der Waals surface area contributed by atoms with Gasteiger partial charge in [0.15, 0.2) is 0 Å². The lowest BCUT2D eigenvalue weighted by Gasteiger charge is -2.33. The zero-order chi connectivity index (χ0) is 34.3. The second-order valence-electron chi connectivity index (χ2n) is 11.9. The molecule has 14 heteroatoms. The number of rotatable bonds is 10. The zero-order valence-electron chi connectivity index (χ0n) is 26.7. The second kappa shape index (κ2) is 15.4. The average Bonchev–Trinajstić information content (AvgIpc) is 3.09. The monoisotopic (exact) mass is 663 g/mol. The molecule has 2 aliphatic rings. The third-order valence-corrected chi connectivity index (χ3v) is 8.59. The molecule has 48 heavy (non-hydrogen) atoms. The van der Waals surface area contributed by atoms with Crippen LogP contribution in [0.15, 0.2) is 54.9 Å². The number of benzene rings is 1. The number of halogens is 3. The van der Waals surface area contributed by atoms with Gasteiger partial charge in [-0.05, 0) is 37.1 Å². The molecule has 254 valence electrons. The molecule has 1 saturated heterocycles. The standard InChI is InChI=1S/C34H40F3N9O2/c1-40-31-28(29(38)21-9-11-22(12-10-21)32(47)45-27-18-24(13-14-42-27)34(35,36)37)30(39)23(19-43-31)6-5-16-46-17-15-41-26(20-46)33(48)44-25-7-3-2-4-8-25/h5-6,9-14,18-19,25-26,38,41H,2-4,7-8,15-17,20H2,1H3,(H,44,48)(H3,39,40,43)(H,42,45,47)/b6-5+,38-29?/t26-/m1/s1. The first kappa shape index (κ1) is 34.5. The Morgan fingerprint density at radius 3 is 2.54 bits per heavy atom. The summed E-state index contributed by atoms with van der Waals surface area (Å²) >= 11 is 0. The van der Waals surface area contributed by atoms with Crippen molar-refractivity contribution < 1.29 is 22.8 Å². The van der Waals surface area contributed by atoms with Gasteiger partial charge < -0.3 is 27.0 Å². The summed E-state index contributed by atoms with van der Waals surface area (Å²) in [6.07, 6.45) is 7.49. The second-order valence-corrected chi connectivity index (χ2v) is 11.9. The fourth-order valence-electron chi connectivity index (χ4n) is 5.94. The number of hydrogen-bond donors (Lipinski definition) is 6. The molecule has 0 radical (unpaired) electrons. The van der Waals surface area contributed by atoms with E-state index in [1.165, 1.54) is 18.6 Å². The first-order chi connectivity index (χ1) is 23.0. The molecule has 7 N–H and O–H groups in total. The van der Waals surface area contributed by atoms with Crippen LogP contribution in [0.25, 0.3) is 6.08 Å². The molecule has 0 bridgehead atoms. The number of nitrogens with zero attached hydrogens (tertiary/aromatic N) is 3. The van der Waals surface area contributed by atoms with Crippen LogP contribution < -0.4 is 27.0 Å². The molecule has 2 amide bonds. The SMILES string of the molecule is CNc1ncc(/C=C/CN2CCN[C@@H](C(=O)NC3CCCCC3)C2)c(N)c1C(=N)c1ccc(C(=O)Nc2cc(C(F)(F)F)ccn2)cc1. The Kier molecular flexibility index (Phi) is 11.1. The van der Waals surface area contributed by atoms with E-state index in [9.17, 15) is 22.8 Å². The van der Waals surface area contributed by atoms with Crippen LogP contribution in [0.2, 0.25) is 0 Å². The molecule has 0 spiro atoms. The smallest absolute Gasteiger partial charge is 0.398 e. The summed E-state index contributed by atoms with van der Waals surface area (Å²) in [4.78, 5) is 36.1. The van der Waals surface area contributed by atoms with Gasteiger partial charge in [0, 0.05) is 68.4 Å². The third kappa shape index (κ3) is 8.55. The lowest BCUT2D eigenvalue weighted by atomic mass is 9.95. The van der Waals surface area contributed by atoms with Gasteiger partial charge in [0.1, 0.15) is 11.6 Å². The number of carbonyl (C=O) groups excluding carboxylic acids is 2. The molecule has 5 rings (SSSR count). The molecular formula is C34H40F3N9O2. The van der Waals surface area contributed by atoms with Gasteiger partial charge in [-0.1, -0.05) is 43.5 Å². The van der Waals surface area contributed by atoms with Crippen molar-refractivity contribution in [1.29, 1.82) is 5.41 Å². The molecule has 2 fully saturated rings.